The molecule has 0 atom stereocenters. The van der Waals surface area contributed by atoms with Crippen molar-refractivity contribution in [3.63, 3.8) is 0 Å². The van der Waals surface area contributed by atoms with E-state index in [0.29, 0.717) is 0 Å². The molecule has 0 aliphatic heterocycles. The van der Waals surface area contributed by atoms with Gasteiger partial charge in [0.2, 0.25) is 5.88 Å². The Morgan fingerprint density at radius 3 is 2.50 bits per heavy atom. The first-order chi connectivity index (χ1) is 7.27. The van der Waals surface area contributed by atoms with Crippen LogP contribution in [0.2, 0.25) is 0 Å². The van der Waals surface area contributed by atoms with Crippen LogP contribution in [0.1, 0.15) is 13.8 Å². The molecule has 0 spiro atoms. The first-order valence-corrected chi connectivity index (χ1v) is 5.76. The maximum Gasteiger partial charge on any atom is 0.328 e. The van der Waals surface area contributed by atoms with Crippen molar-refractivity contribution in [1.29, 1.82) is 0 Å². The number of carboxylic acids is 1. The summed E-state index contributed by atoms with van der Waals surface area (Å²) in [7, 11) is -4.27. The molecule has 6 nitrogen and oxygen atoms in total. The molecule has 1 heterocycles. The van der Waals surface area contributed by atoms with Crippen LogP contribution in [0, 0.1) is 0 Å². The van der Waals surface area contributed by atoms with E-state index in [1.165, 1.54) is 18.3 Å². The van der Waals surface area contributed by atoms with E-state index in [1.54, 1.807) is 6.07 Å². The largest absolute Gasteiger partial charge is 0.480 e. The predicted octanol–water partition coefficient (Wildman–Crippen LogP) is 0.653. The van der Waals surface area contributed by atoms with Gasteiger partial charge in [-0.05, 0) is 19.9 Å². The fourth-order valence-corrected chi connectivity index (χ4v) is 1.47. The zero-order chi connectivity index (χ0) is 12.4. The van der Waals surface area contributed by atoms with E-state index in [0.717, 1.165) is 13.8 Å². The Morgan fingerprint density at radius 1 is 1.44 bits per heavy atom. The van der Waals surface area contributed by atoms with Crippen molar-refractivity contribution >= 4 is 16.1 Å². The van der Waals surface area contributed by atoms with Crippen molar-refractivity contribution in [3.05, 3.63) is 24.4 Å². The fraction of sp³-hybridized carbons (Fsp3) is 0.333. The van der Waals surface area contributed by atoms with Crippen molar-refractivity contribution < 1.29 is 22.5 Å². The van der Waals surface area contributed by atoms with Gasteiger partial charge >= 0.3 is 16.1 Å². The summed E-state index contributed by atoms with van der Waals surface area (Å²) in [6, 6.07) is 4.45. The third-order valence-corrected chi connectivity index (χ3v) is 3.79. The van der Waals surface area contributed by atoms with E-state index in [1.807, 2.05) is 0 Å². The highest BCUT2D eigenvalue weighted by Crippen LogP contribution is 2.20. The van der Waals surface area contributed by atoms with Gasteiger partial charge in [0.25, 0.3) is 0 Å². The van der Waals surface area contributed by atoms with Gasteiger partial charge in [-0.15, -0.1) is 0 Å². The molecule has 0 bridgehead atoms. The van der Waals surface area contributed by atoms with Crippen molar-refractivity contribution in [2.45, 2.75) is 18.6 Å². The van der Waals surface area contributed by atoms with E-state index in [-0.39, 0.29) is 5.88 Å². The molecule has 1 aromatic heterocycles. The summed E-state index contributed by atoms with van der Waals surface area (Å²) in [5, 5.41) is 8.78. The van der Waals surface area contributed by atoms with E-state index >= 15 is 0 Å². The Kier molecular flexibility index (Phi) is 3.18. The monoisotopic (exact) mass is 245 g/mol. The molecule has 0 aliphatic rings. The molecule has 88 valence electrons. The van der Waals surface area contributed by atoms with E-state index in [2.05, 4.69) is 9.17 Å². The van der Waals surface area contributed by atoms with E-state index < -0.39 is 20.8 Å². The molecular weight excluding hydrogens is 234 g/mol. The maximum atomic E-state index is 11.6. The highest BCUT2D eigenvalue weighted by Gasteiger charge is 2.44. The van der Waals surface area contributed by atoms with Gasteiger partial charge in [-0.1, -0.05) is 6.07 Å². The van der Waals surface area contributed by atoms with Crippen LogP contribution in [0.4, 0.5) is 0 Å². The van der Waals surface area contributed by atoms with Gasteiger partial charge in [0.1, 0.15) is 0 Å². The van der Waals surface area contributed by atoms with Crippen LogP contribution in [-0.2, 0) is 14.9 Å². The summed E-state index contributed by atoms with van der Waals surface area (Å²) >= 11 is 0. The molecule has 0 aliphatic carbocycles. The normalized spacial score (nSPS) is 12.1. The quantitative estimate of drug-likeness (QED) is 0.783. The molecule has 0 fully saturated rings. The molecule has 0 saturated heterocycles. The molecule has 0 amide bonds. The summed E-state index contributed by atoms with van der Waals surface area (Å²) < 4.78 is 25.8. The number of hydrogen-bond acceptors (Lipinski definition) is 5. The highest BCUT2D eigenvalue weighted by atomic mass is 32.2. The summed E-state index contributed by atoms with van der Waals surface area (Å²) in [6.45, 7) is 2.10. The zero-order valence-electron chi connectivity index (χ0n) is 8.75. The second-order valence-electron chi connectivity index (χ2n) is 3.52. The van der Waals surface area contributed by atoms with Gasteiger partial charge in [-0.3, -0.25) is 4.79 Å². The lowest BCUT2D eigenvalue weighted by Crippen LogP contribution is -2.43. The highest BCUT2D eigenvalue weighted by molar-refractivity contribution is 7.89. The molecule has 1 rings (SSSR count). The van der Waals surface area contributed by atoms with E-state index in [9.17, 15) is 13.2 Å². The smallest absolute Gasteiger partial charge is 0.328 e. The van der Waals surface area contributed by atoms with Gasteiger partial charge in [-0.2, -0.15) is 8.42 Å². The lowest BCUT2D eigenvalue weighted by Gasteiger charge is -2.18. The van der Waals surface area contributed by atoms with Crippen molar-refractivity contribution in [1.82, 2.24) is 4.98 Å². The SMILES string of the molecule is CC(C)(C(=O)O)S(=O)(=O)Oc1ccccn1. The molecule has 1 aromatic rings. The summed E-state index contributed by atoms with van der Waals surface area (Å²) in [5.41, 5.74) is 0. The summed E-state index contributed by atoms with van der Waals surface area (Å²) in [5.74, 6) is -1.64. The number of aromatic nitrogens is 1. The Balaban J connectivity index is 3.02. The zero-order valence-corrected chi connectivity index (χ0v) is 9.56. The average Bonchev–Trinajstić information content (AvgIpc) is 2.18. The number of pyridine rings is 1. The van der Waals surface area contributed by atoms with Gasteiger partial charge in [0.05, 0.1) is 0 Å². The second kappa shape index (κ2) is 4.09. The Bertz CT molecular complexity index is 480. The van der Waals surface area contributed by atoms with Gasteiger partial charge in [-0.25, -0.2) is 4.98 Å². The Hall–Kier alpha value is -1.63. The lowest BCUT2D eigenvalue weighted by molar-refractivity contribution is -0.139. The van der Waals surface area contributed by atoms with Crippen LogP contribution >= 0.6 is 0 Å². The topological polar surface area (TPSA) is 93.6 Å². The number of hydrogen-bond donors (Lipinski definition) is 1. The van der Waals surface area contributed by atoms with Gasteiger partial charge in [0, 0.05) is 12.3 Å². The number of carboxylic acid groups (broad SMARTS) is 1. The van der Waals surface area contributed by atoms with E-state index in [4.69, 9.17) is 5.11 Å². The first kappa shape index (κ1) is 12.4. The average molecular weight is 245 g/mol. The fourth-order valence-electron chi connectivity index (χ4n) is 0.720. The third-order valence-electron chi connectivity index (χ3n) is 1.97. The second-order valence-corrected chi connectivity index (χ2v) is 5.62. The molecule has 0 aromatic carbocycles. The minimum Gasteiger partial charge on any atom is -0.480 e. The molecule has 1 N–H and O–H groups in total. The van der Waals surface area contributed by atoms with Crippen LogP contribution < -0.4 is 4.18 Å². The van der Waals surface area contributed by atoms with Gasteiger partial charge in [0.15, 0.2) is 4.75 Å². The maximum absolute atomic E-state index is 11.6. The Morgan fingerprint density at radius 2 is 2.06 bits per heavy atom. The molecule has 16 heavy (non-hydrogen) atoms. The molecule has 7 heteroatoms. The summed E-state index contributed by atoms with van der Waals surface area (Å²) in [4.78, 5) is 14.4. The van der Waals surface area contributed by atoms with Crippen LogP contribution in [0.15, 0.2) is 24.4 Å². The van der Waals surface area contributed by atoms with Crippen LogP contribution in [0.3, 0.4) is 0 Å². The Labute approximate surface area is 93.0 Å². The third kappa shape index (κ3) is 2.30. The number of nitrogens with zero attached hydrogens (tertiary/aromatic N) is 1. The van der Waals surface area contributed by atoms with Crippen LogP contribution in [-0.4, -0.2) is 29.2 Å². The predicted molar refractivity (Wildman–Crippen MR) is 55.5 cm³/mol. The molecule has 0 radical (unpaired) electrons. The molecular formula is C9H11NO5S. The number of carbonyl (C=O) groups is 1. The van der Waals surface area contributed by atoms with Gasteiger partial charge < -0.3 is 9.29 Å². The van der Waals surface area contributed by atoms with Crippen LogP contribution in [0.5, 0.6) is 5.88 Å². The van der Waals surface area contributed by atoms with Crippen LogP contribution in [0.25, 0.3) is 0 Å². The van der Waals surface area contributed by atoms with Crippen molar-refractivity contribution in [2.75, 3.05) is 0 Å². The molecule has 0 unspecified atom stereocenters. The van der Waals surface area contributed by atoms with Crippen molar-refractivity contribution in [2.24, 2.45) is 0 Å². The summed E-state index contributed by atoms with van der Waals surface area (Å²) in [6.07, 6.45) is 1.35. The number of aliphatic carboxylic acids is 1. The molecule has 0 saturated carbocycles. The van der Waals surface area contributed by atoms with Crippen molar-refractivity contribution in [3.8, 4) is 5.88 Å². The standard InChI is InChI=1S/C9H11NO5S/c1-9(2,8(11)12)16(13,14)15-7-5-3-4-6-10-7/h3-6H,1-2H3,(H,11,12). The lowest BCUT2D eigenvalue weighted by atomic mass is 10.2. The first-order valence-electron chi connectivity index (χ1n) is 4.36. The number of rotatable bonds is 4. The minimum absolute atomic E-state index is 0.156. The minimum atomic E-state index is -4.27.